The molecule has 1 fully saturated rings. The number of aromatic amines is 1. The van der Waals surface area contributed by atoms with Gasteiger partial charge in [-0.15, -0.1) is 0 Å². The molecule has 2 heterocycles. The second kappa shape index (κ2) is 5.69. The first kappa shape index (κ1) is 13.8. The number of ether oxygens (including phenoxy) is 1. The quantitative estimate of drug-likeness (QED) is 0.772. The summed E-state index contributed by atoms with van der Waals surface area (Å²) in [5, 5.41) is 18.6. The van der Waals surface area contributed by atoms with E-state index in [9.17, 15) is 10.2 Å². The number of anilines is 1. The van der Waals surface area contributed by atoms with Gasteiger partial charge in [-0.25, -0.2) is 4.98 Å². The predicted octanol–water partition coefficient (Wildman–Crippen LogP) is 0.884. The second-order valence-corrected chi connectivity index (χ2v) is 5.79. The van der Waals surface area contributed by atoms with Crippen molar-refractivity contribution in [2.45, 2.75) is 12.2 Å². The van der Waals surface area contributed by atoms with E-state index in [4.69, 9.17) is 4.74 Å². The Balaban J connectivity index is 1.88. The van der Waals surface area contributed by atoms with Gasteiger partial charge in [0.2, 0.25) is 5.95 Å². The van der Waals surface area contributed by atoms with Gasteiger partial charge in [0.05, 0.1) is 36.5 Å². The van der Waals surface area contributed by atoms with E-state index in [1.807, 2.05) is 23.1 Å². The third-order valence-electron chi connectivity index (χ3n) is 3.37. The Kier molecular flexibility index (Phi) is 3.93. The fourth-order valence-electron chi connectivity index (χ4n) is 2.42. The molecular formula is C13H16BrN3O3. The minimum absolute atomic E-state index is 0.0707. The predicted molar refractivity (Wildman–Crippen MR) is 78.8 cm³/mol. The summed E-state index contributed by atoms with van der Waals surface area (Å²) in [5.41, 5.74) is 1.83. The summed E-state index contributed by atoms with van der Waals surface area (Å²) in [7, 11) is 0. The van der Waals surface area contributed by atoms with Crippen molar-refractivity contribution in [1.82, 2.24) is 9.97 Å². The zero-order valence-electron chi connectivity index (χ0n) is 10.8. The smallest absolute Gasteiger partial charge is 0.204 e. The summed E-state index contributed by atoms with van der Waals surface area (Å²) in [4.78, 5) is 9.81. The maximum atomic E-state index is 9.28. The number of aliphatic hydroxyl groups is 2. The molecule has 6 nitrogen and oxygen atoms in total. The van der Waals surface area contributed by atoms with Crippen LogP contribution < -0.4 is 4.90 Å². The van der Waals surface area contributed by atoms with Crippen molar-refractivity contribution in [3.63, 3.8) is 0 Å². The number of benzene rings is 1. The molecule has 0 aliphatic carbocycles. The average molecular weight is 342 g/mol. The van der Waals surface area contributed by atoms with Crippen LogP contribution in [0.15, 0.2) is 22.7 Å². The number of morpholine rings is 1. The lowest BCUT2D eigenvalue weighted by Crippen LogP contribution is -2.50. The fraction of sp³-hybridized carbons (Fsp3) is 0.462. The Labute approximate surface area is 124 Å². The molecule has 1 aliphatic heterocycles. The van der Waals surface area contributed by atoms with E-state index >= 15 is 0 Å². The summed E-state index contributed by atoms with van der Waals surface area (Å²) in [6.07, 6.45) is -0.610. The lowest BCUT2D eigenvalue weighted by Gasteiger charge is -2.36. The highest BCUT2D eigenvalue weighted by Crippen LogP contribution is 2.23. The molecule has 2 aromatic rings. The molecule has 0 saturated carbocycles. The first-order valence-corrected chi connectivity index (χ1v) is 7.26. The molecule has 1 saturated heterocycles. The molecule has 0 amide bonds. The molecule has 1 aliphatic rings. The van der Waals surface area contributed by atoms with Crippen LogP contribution in [-0.2, 0) is 4.74 Å². The number of H-pyrrole nitrogens is 1. The van der Waals surface area contributed by atoms with Crippen molar-refractivity contribution < 1.29 is 14.9 Å². The third-order valence-corrected chi connectivity index (χ3v) is 3.86. The van der Waals surface area contributed by atoms with Crippen molar-refractivity contribution >= 4 is 32.9 Å². The number of imidazole rings is 1. The van der Waals surface area contributed by atoms with Crippen LogP contribution in [0.5, 0.6) is 0 Å². The van der Waals surface area contributed by atoms with E-state index in [-0.39, 0.29) is 25.4 Å². The summed E-state index contributed by atoms with van der Waals surface area (Å²) in [6, 6.07) is 5.85. The van der Waals surface area contributed by atoms with E-state index in [0.29, 0.717) is 13.1 Å². The van der Waals surface area contributed by atoms with Gasteiger partial charge in [0, 0.05) is 17.6 Å². The van der Waals surface area contributed by atoms with Gasteiger partial charge in [-0.2, -0.15) is 0 Å². The monoisotopic (exact) mass is 341 g/mol. The molecule has 1 aromatic carbocycles. The van der Waals surface area contributed by atoms with E-state index in [1.165, 1.54) is 0 Å². The molecule has 0 bridgehead atoms. The molecule has 0 radical (unpaired) electrons. The van der Waals surface area contributed by atoms with E-state index in [0.717, 1.165) is 21.5 Å². The van der Waals surface area contributed by atoms with Gasteiger partial charge in [0.25, 0.3) is 0 Å². The molecule has 3 N–H and O–H groups in total. The van der Waals surface area contributed by atoms with Gasteiger partial charge in [-0.3, -0.25) is 0 Å². The van der Waals surface area contributed by atoms with E-state index in [2.05, 4.69) is 25.9 Å². The summed E-state index contributed by atoms with van der Waals surface area (Å²) in [6.45, 7) is 0.958. The highest BCUT2D eigenvalue weighted by atomic mass is 79.9. The first-order valence-electron chi connectivity index (χ1n) is 6.47. The standard InChI is InChI=1S/C13H16BrN3O3/c14-8-1-2-11-12(3-8)16-13(15-11)17-4-9(6-18)20-10(5-17)7-19/h1-3,9-10,18-19H,4-7H2,(H,15,16)/t9-,10-/m1/s1. The number of rotatable bonds is 3. The minimum atomic E-state index is -0.305. The molecule has 0 spiro atoms. The van der Waals surface area contributed by atoms with Crippen LogP contribution in [0.4, 0.5) is 5.95 Å². The fourth-order valence-corrected chi connectivity index (χ4v) is 2.78. The molecular weight excluding hydrogens is 326 g/mol. The Hall–Kier alpha value is -1.15. The van der Waals surface area contributed by atoms with Crippen LogP contribution >= 0.6 is 15.9 Å². The number of hydrogen-bond donors (Lipinski definition) is 3. The number of aromatic nitrogens is 2. The van der Waals surface area contributed by atoms with Gasteiger partial charge >= 0.3 is 0 Å². The lowest BCUT2D eigenvalue weighted by molar-refractivity contribution is -0.0702. The van der Waals surface area contributed by atoms with Gasteiger partial charge < -0.3 is 24.8 Å². The van der Waals surface area contributed by atoms with Crippen LogP contribution in [0.2, 0.25) is 0 Å². The van der Waals surface area contributed by atoms with Crippen LogP contribution in [0.1, 0.15) is 0 Å². The minimum Gasteiger partial charge on any atom is -0.394 e. The number of aliphatic hydroxyl groups excluding tert-OH is 2. The number of nitrogens with one attached hydrogen (secondary N) is 1. The van der Waals surface area contributed by atoms with Crippen molar-refractivity contribution in [1.29, 1.82) is 0 Å². The number of fused-ring (bicyclic) bond motifs is 1. The summed E-state index contributed by atoms with van der Waals surface area (Å²) >= 11 is 3.43. The second-order valence-electron chi connectivity index (χ2n) is 4.87. The van der Waals surface area contributed by atoms with Gasteiger partial charge in [-0.05, 0) is 18.2 Å². The molecule has 0 unspecified atom stereocenters. The van der Waals surface area contributed by atoms with Crippen LogP contribution in [-0.4, -0.2) is 58.7 Å². The van der Waals surface area contributed by atoms with Gasteiger partial charge in [-0.1, -0.05) is 15.9 Å². The van der Waals surface area contributed by atoms with E-state index < -0.39 is 0 Å². The maximum Gasteiger partial charge on any atom is 0.204 e. The molecule has 108 valence electrons. The van der Waals surface area contributed by atoms with Crippen LogP contribution in [0.3, 0.4) is 0 Å². The zero-order chi connectivity index (χ0) is 14.1. The largest absolute Gasteiger partial charge is 0.394 e. The molecule has 1 aromatic heterocycles. The summed E-state index contributed by atoms with van der Waals surface area (Å²) < 4.78 is 6.53. The van der Waals surface area contributed by atoms with E-state index in [1.54, 1.807) is 0 Å². The topological polar surface area (TPSA) is 81.6 Å². The Morgan fingerprint density at radius 2 is 2.00 bits per heavy atom. The van der Waals surface area contributed by atoms with Gasteiger partial charge in [0.1, 0.15) is 0 Å². The molecule has 20 heavy (non-hydrogen) atoms. The lowest BCUT2D eigenvalue weighted by atomic mass is 10.2. The number of halogens is 1. The Morgan fingerprint density at radius 1 is 1.30 bits per heavy atom. The SMILES string of the molecule is OC[C@H]1CN(c2nc3ccc(Br)cc3[nH]2)C[C@H](CO)O1. The molecule has 3 rings (SSSR count). The molecule has 2 atom stereocenters. The highest BCUT2D eigenvalue weighted by Gasteiger charge is 2.28. The zero-order valence-corrected chi connectivity index (χ0v) is 12.4. The van der Waals surface area contributed by atoms with Crippen LogP contribution in [0.25, 0.3) is 11.0 Å². The summed E-state index contributed by atoms with van der Waals surface area (Å²) in [5.74, 6) is 0.735. The number of hydrogen-bond acceptors (Lipinski definition) is 5. The normalized spacial score (nSPS) is 23.4. The molecule has 7 heteroatoms. The number of nitrogens with zero attached hydrogens (tertiary/aromatic N) is 2. The third kappa shape index (κ3) is 2.67. The Morgan fingerprint density at radius 3 is 2.65 bits per heavy atom. The van der Waals surface area contributed by atoms with Gasteiger partial charge in [0.15, 0.2) is 0 Å². The van der Waals surface area contributed by atoms with Crippen molar-refractivity contribution in [2.24, 2.45) is 0 Å². The Bertz CT molecular complexity index is 592. The van der Waals surface area contributed by atoms with Crippen molar-refractivity contribution in [2.75, 3.05) is 31.2 Å². The van der Waals surface area contributed by atoms with Crippen molar-refractivity contribution in [3.8, 4) is 0 Å². The average Bonchev–Trinajstić information content (AvgIpc) is 2.89. The highest BCUT2D eigenvalue weighted by molar-refractivity contribution is 9.10. The van der Waals surface area contributed by atoms with Crippen LogP contribution in [0, 0.1) is 0 Å². The first-order chi connectivity index (χ1) is 9.69. The maximum absolute atomic E-state index is 9.28. The van der Waals surface area contributed by atoms with Crippen molar-refractivity contribution in [3.05, 3.63) is 22.7 Å².